The van der Waals surface area contributed by atoms with Gasteiger partial charge in [-0.05, 0) is 27.8 Å². The Morgan fingerprint density at radius 1 is 1.11 bits per heavy atom. The zero-order valence-corrected chi connectivity index (χ0v) is 11.8. The molecule has 0 atom stereocenters. The zero-order valence-electron chi connectivity index (χ0n) is 11.8. The highest BCUT2D eigenvalue weighted by Gasteiger charge is 2.17. The van der Waals surface area contributed by atoms with Crippen LogP contribution in [0.1, 0.15) is 20.8 Å². The van der Waals surface area contributed by atoms with Crippen molar-refractivity contribution in [3.63, 3.8) is 0 Å². The van der Waals surface area contributed by atoms with E-state index in [1.54, 1.807) is 6.33 Å². The van der Waals surface area contributed by atoms with E-state index in [4.69, 9.17) is 0 Å². The molecule has 2 heterocycles. The topological polar surface area (TPSA) is 44.3 Å². The smallest absolute Gasteiger partial charge is 0.134 e. The van der Waals surface area contributed by atoms with Crippen molar-refractivity contribution in [3.8, 4) is 0 Å². The lowest BCUT2D eigenvalue weighted by Crippen LogP contribution is -2.44. The molecule has 5 nitrogen and oxygen atoms in total. The molecule has 5 heteroatoms. The molecule has 1 aromatic rings. The van der Waals surface area contributed by atoms with Crippen LogP contribution < -0.4 is 10.2 Å². The molecule has 0 spiro atoms. The first kappa shape index (κ1) is 13.1. The lowest BCUT2D eigenvalue weighted by atomic mass is 10.1. The van der Waals surface area contributed by atoms with Gasteiger partial charge in [0.25, 0.3) is 0 Å². The third-order valence-corrected chi connectivity index (χ3v) is 2.98. The first-order valence-corrected chi connectivity index (χ1v) is 6.48. The van der Waals surface area contributed by atoms with Crippen LogP contribution in [0.25, 0.3) is 0 Å². The zero-order chi connectivity index (χ0) is 13.2. The van der Waals surface area contributed by atoms with Crippen LogP contribution in [0, 0.1) is 0 Å². The summed E-state index contributed by atoms with van der Waals surface area (Å²) < 4.78 is 0. The Labute approximate surface area is 109 Å². The fourth-order valence-electron chi connectivity index (χ4n) is 2.01. The van der Waals surface area contributed by atoms with Crippen LogP contribution in [0.5, 0.6) is 0 Å². The van der Waals surface area contributed by atoms with E-state index in [2.05, 4.69) is 52.9 Å². The summed E-state index contributed by atoms with van der Waals surface area (Å²) in [5, 5.41) is 3.38. The molecule has 0 amide bonds. The van der Waals surface area contributed by atoms with Gasteiger partial charge in [0.2, 0.25) is 0 Å². The predicted octanol–water partition coefficient (Wildman–Crippen LogP) is 1.44. The lowest BCUT2D eigenvalue weighted by Gasteiger charge is -2.33. The average molecular weight is 249 g/mol. The summed E-state index contributed by atoms with van der Waals surface area (Å²) >= 11 is 0. The summed E-state index contributed by atoms with van der Waals surface area (Å²) in [4.78, 5) is 13.3. The third-order valence-electron chi connectivity index (χ3n) is 2.98. The highest BCUT2D eigenvalue weighted by Crippen LogP contribution is 2.18. The molecule has 1 aliphatic heterocycles. The van der Waals surface area contributed by atoms with Crippen molar-refractivity contribution < 1.29 is 0 Å². The Morgan fingerprint density at radius 2 is 1.78 bits per heavy atom. The maximum absolute atomic E-state index is 4.37. The minimum absolute atomic E-state index is 0.0216. The maximum Gasteiger partial charge on any atom is 0.134 e. The third kappa shape index (κ3) is 3.57. The first-order chi connectivity index (χ1) is 8.44. The highest BCUT2D eigenvalue weighted by molar-refractivity contribution is 5.49. The van der Waals surface area contributed by atoms with E-state index in [1.807, 2.05) is 6.07 Å². The molecule has 0 saturated carbocycles. The maximum atomic E-state index is 4.37. The van der Waals surface area contributed by atoms with Crippen molar-refractivity contribution in [3.05, 3.63) is 12.4 Å². The van der Waals surface area contributed by atoms with Crippen molar-refractivity contribution in [1.29, 1.82) is 0 Å². The largest absolute Gasteiger partial charge is 0.365 e. The number of hydrogen-bond acceptors (Lipinski definition) is 5. The molecule has 1 N–H and O–H groups in total. The Hall–Kier alpha value is -1.36. The van der Waals surface area contributed by atoms with Gasteiger partial charge in [0.15, 0.2) is 0 Å². The van der Waals surface area contributed by atoms with E-state index in [9.17, 15) is 0 Å². The van der Waals surface area contributed by atoms with Gasteiger partial charge in [-0.3, -0.25) is 0 Å². The normalized spacial score (nSPS) is 17.9. The second kappa shape index (κ2) is 5.10. The number of anilines is 2. The molecule has 2 rings (SSSR count). The molecule has 0 radical (unpaired) electrons. The van der Waals surface area contributed by atoms with Gasteiger partial charge in [-0.25, -0.2) is 9.97 Å². The molecule has 0 aromatic carbocycles. The van der Waals surface area contributed by atoms with E-state index in [1.165, 1.54) is 0 Å². The summed E-state index contributed by atoms with van der Waals surface area (Å²) in [6.45, 7) is 10.6. The molecule has 0 unspecified atom stereocenters. The summed E-state index contributed by atoms with van der Waals surface area (Å²) in [5.74, 6) is 1.91. The van der Waals surface area contributed by atoms with Crippen molar-refractivity contribution in [2.75, 3.05) is 43.4 Å². The standard InChI is InChI=1S/C13H23N5/c1-13(2,3)16-11-9-12(15-10-14-11)18-7-5-17(4)6-8-18/h9-10H,5-8H2,1-4H3,(H,14,15,16). The number of rotatable bonds is 2. The molecule has 0 aliphatic carbocycles. The quantitative estimate of drug-likeness (QED) is 0.859. The van der Waals surface area contributed by atoms with Crippen molar-refractivity contribution >= 4 is 11.6 Å². The Morgan fingerprint density at radius 3 is 2.39 bits per heavy atom. The van der Waals surface area contributed by atoms with Crippen LogP contribution in [0.15, 0.2) is 12.4 Å². The van der Waals surface area contributed by atoms with Crippen LogP contribution in [-0.2, 0) is 0 Å². The van der Waals surface area contributed by atoms with E-state index < -0.39 is 0 Å². The van der Waals surface area contributed by atoms with E-state index in [0.717, 1.165) is 37.8 Å². The van der Waals surface area contributed by atoms with Crippen LogP contribution in [0.2, 0.25) is 0 Å². The van der Waals surface area contributed by atoms with Crippen LogP contribution in [0.3, 0.4) is 0 Å². The average Bonchev–Trinajstić information content (AvgIpc) is 2.28. The number of piperazine rings is 1. The van der Waals surface area contributed by atoms with Gasteiger partial charge in [0.1, 0.15) is 18.0 Å². The van der Waals surface area contributed by atoms with Crippen LogP contribution in [0.4, 0.5) is 11.6 Å². The van der Waals surface area contributed by atoms with Crippen molar-refractivity contribution in [2.45, 2.75) is 26.3 Å². The summed E-state index contributed by atoms with van der Waals surface area (Å²) in [5.41, 5.74) is 0.0216. The van der Waals surface area contributed by atoms with Crippen molar-refractivity contribution in [1.82, 2.24) is 14.9 Å². The van der Waals surface area contributed by atoms with Gasteiger partial charge >= 0.3 is 0 Å². The Bertz CT molecular complexity index is 391. The number of hydrogen-bond donors (Lipinski definition) is 1. The molecule has 100 valence electrons. The molecule has 1 aromatic heterocycles. The van der Waals surface area contributed by atoms with Crippen LogP contribution >= 0.6 is 0 Å². The number of nitrogens with one attached hydrogen (secondary N) is 1. The minimum atomic E-state index is 0.0216. The van der Waals surface area contributed by atoms with Gasteiger partial charge in [-0.2, -0.15) is 0 Å². The summed E-state index contributed by atoms with van der Waals surface area (Å²) in [6, 6.07) is 2.04. The van der Waals surface area contributed by atoms with Gasteiger partial charge in [-0.15, -0.1) is 0 Å². The van der Waals surface area contributed by atoms with E-state index in [0.29, 0.717) is 0 Å². The number of nitrogens with zero attached hydrogens (tertiary/aromatic N) is 4. The van der Waals surface area contributed by atoms with Gasteiger partial charge in [-0.1, -0.05) is 0 Å². The monoisotopic (exact) mass is 249 g/mol. The first-order valence-electron chi connectivity index (χ1n) is 6.48. The lowest BCUT2D eigenvalue weighted by molar-refractivity contribution is 0.312. The molecular formula is C13H23N5. The molecule has 18 heavy (non-hydrogen) atoms. The second-order valence-electron chi connectivity index (χ2n) is 5.93. The molecule has 1 saturated heterocycles. The predicted molar refractivity (Wildman–Crippen MR) is 75.1 cm³/mol. The van der Waals surface area contributed by atoms with E-state index >= 15 is 0 Å². The van der Waals surface area contributed by atoms with Gasteiger partial charge in [0.05, 0.1) is 0 Å². The van der Waals surface area contributed by atoms with Gasteiger partial charge < -0.3 is 15.1 Å². The summed E-state index contributed by atoms with van der Waals surface area (Å²) in [6.07, 6.45) is 1.64. The number of likely N-dealkylation sites (N-methyl/N-ethyl adjacent to an activating group) is 1. The fourth-order valence-corrected chi connectivity index (χ4v) is 2.01. The molecular weight excluding hydrogens is 226 g/mol. The highest BCUT2D eigenvalue weighted by atomic mass is 15.3. The Balaban J connectivity index is 2.07. The second-order valence-corrected chi connectivity index (χ2v) is 5.93. The summed E-state index contributed by atoms with van der Waals surface area (Å²) in [7, 11) is 2.16. The molecule has 1 fully saturated rings. The minimum Gasteiger partial charge on any atom is -0.365 e. The van der Waals surface area contributed by atoms with Gasteiger partial charge in [0, 0.05) is 37.8 Å². The SMILES string of the molecule is CN1CCN(c2cc(NC(C)(C)C)ncn2)CC1. The number of aromatic nitrogens is 2. The molecule has 1 aliphatic rings. The molecule has 0 bridgehead atoms. The fraction of sp³-hybridized carbons (Fsp3) is 0.692. The Kier molecular flexibility index (Phi) is 3.71. The van der Waals surface area contributed by atoms with Crippen molar-refractivity contribution in [2.24, 2.45) is 0 Å². The van der Waals surface area contributed by atoms with Crippen LogP contribution in [-0.4, -0.2) is 53.6 Å². The van der Waals surface area contributed by atoms with E-state index in [-0.39, 0.29) is 5.54 Å².